The van der Waals surface area contributed by atoms with Gasteiger partial charge in [0.25, 0.3) is 0 Å². The second-order valence-corrected chi connectivity index (χ2v) is 21.3. The van der Waals surface area contributed by atoms with Crippen molar-refractivity contribution in [1.82, 2.24) is 0 Å². The molecular formula is C65H112NO8P. The molecule has 0 aromatic heterocycles. The Morgan fingerprint density at radius 3 is 1.05 bits per heavy atom. The molecule has 2 unspecified atom stereocenters. The maximum absolute atomic E-state index is 12.7. The second kappa shape index (κ2) is 59.9. The number of nitrogens with two attached hydrogens (primary N) is 1. The van der Waals surface area contributed by atoms with Gasteiger partial charge in [0.2, 0.25) is 0 Å². The average molecular weight is 1070 g/mol. The van der Waals surface area contributed by atoms with Crippen LogP contribution in [0.3, 0.4) is 0 Å². The molecule has 9 nitrogen and oxygen atoms in total. The van der Waals surface area contributed by atoms with E-state index >= 15 is 0 Å². The fraction of sp³-hybridized carbons (Fsp3) is 0.692. The van der Waals surface area contributed by atoms with Crippen LogP contribution in [0.2, 0.25) is 0 Å². The second-order valence-electron chi connectivity index (χ2n) is 19.8. The zero-order chi connectivity index (χ0) is 54.5. The number of carbonyl (C=O) groups excluding carboxylic acids is 2. The van der Waals surface area contributed by atoms with E-state index in [1.807, 2.05) is 0 Å². The monoisotopic (exact) mass is 1070 g/mol. The standard InChI is InChI=1S/C65H112NO8P/c1-3-5-7-9-11-13-15-17-19-20-21-22-23-24-25-26-27-28-29-30-31-32-33-34-35-36-37-38-39-40-41-42-44-46-48-50-52-54-56-58-65(68)74-63(62-73-75(69,70)72-60-59-66)61-71-64(67)57-55-53-51-49-47-45-43-18-16-14-12-10-8-6-4-2/h5-8,11-14,17-19,21-22,24-25,43,47,49,63H,3-4,9-10,15-16,20,23,26-42,44-46,48,50-62,66H2,1-2H3,(H,69,70)/b7-5-,8-6-,13-11-,14-12-,19-17-,22-21-,25-24-,43-18-,49-47-. The number of rotatable bonds is 56. The van der Waals surface area contributed by atoms with Gasteiger partial charge < -0.3 is 20.1 Å². The molecule has 0 aliphatic rings. The van der Waals surface area contributed by atoms with Gasteiger partial charge in [0.15, 0.2) is 6.10 Å². The summed E-state index contributed by atoms with van der Waals surface area (Å²) in [6.45, 7) is 3.47. The smallest absolute Gasteiger partial charge is 0.462 e. The maximum atomic E-state index is 12.7. The predicted octanol–water partition coefficient (Wildman–Crippen LogP) is 19.4. The minimum absolute atomic E-state index is 0.0446. The number of carbonyl (C=O) groups is 2. The van der Waals surface area contributed by atoms with Crippen molar-refractivity contribution < 1.29 is 37.6 Å². The molecule has 0 heterocycles. The Morgan fingerprint density at radius 2 is 0.693 bits per heavy atom. The van der Waals surface area contributed by atoms with Gasteiger partial charge in [-0.15, -0.1) is 0 Å². The fourth-order valence-electron chi connectivity index (χ4n) is 8.24. The van der Waals surface area contributed by atoms with Gasteiger partial charge in [0.05, 0.1) is 13.2 Å². The number of hydrogen-bond acceptors (Lipinski definition) is 8. The van der Waals surface area contributed by atoms with Crippen LogP contribution in [0.15, 0.2) is 109 Å². The van der Waals surface area contributed by atoms with Gasteiger partial charge in [-0.25, -0.2) is 4.57 Å². The Labute approximate surface area is 460 Å². The molecule has 0 rings (SSSR count). The van der Waals surface area contributed by atoms with Gasteiger partial charge >= 0.3 is 19.8 Å². The van der Waals surface area contributed by atoms with Gasteiger partial charge in [-0.05, 0) is 96.3 Å². The molecule has 0 fully saturated rings. The van der Waals surface area contributed by atoms with Crippen molar-refractivity contribution in [3.05, 3.63) is 109 Å². The lowest BCUT2D eigenvalue weighted by atomic mass is 10.0. The van der Waals surface area contributed by atoms with Crippen LogP contribution in [0.5, 0.6) is 0 Å². The van der Waals surface area contributed by atoms with Gasteiger partial charge in [0, 0.05) is 19.4 Å². The molecule has 0 aliphatic carbocycles. The van der Waals surface area contributed by atoms with E-state index in [1.165, 1.54) is 128 Å². The molecule has 0 saturated carbocycles. The Balaban J connectivity index is 3.83. The van der Waals surface area contributed by atoms with Crippen molar-refractivity contribution in [2.45, 2.75) is 264 Å². The van der Waals surface area contributed by atoms with E-state index in [0.29, 0.717) is 12.8 Å². The molecule has 0 aromatic rings. The lowest BCUT2D eigenvalue weighted by molar-refractivity contribution is -0.161. The van der Waals surface area contributed by atoms with Crippen LogP contribution >= 0.6 is 7.82 Å². The summed E-state index contributed by atoms with van der Waals surface area (Å²) in [5.74, 6) is -0.874. The Kier molecular flexibility index (Phi) is 57.2. The number of allylic oxidation sites excluding steroid dienone is 18. The van der Waals surface area contributed by atoms with E-state index in [1.54, 1.807) is 0 Å². The first-order valence-electron chi connectivity index (χ1n) is 30.4. The molecule has 0 amide bonds. The summed E-state index contributed by atoms with van der Waals surface area (Å²) in [7, 11) is -4.40. The summed E-state index contributed by atoms with van der Waals surface area (Å²) in [6, 6.07) is 0. The van der Waals surface area contributed by atoms with Crippen LogP contribution in [-0.2, 0) is 32.7 Å². The summed E-state index contributed by atoms with van der Waals surface area (Å²) in [6.07, 6.45) is 81.9. The summed E-state index contributed by atoms with van der Waals surface area (Å²) < 4.78 is 32.9. The quantitative estimate of drug-likeness (QED) is 0.0264. The first kappa shape index (κ1) is 71.7. The molecule has 75 heavy (non-hydrogen) atoms. The van der Waals surface area contributed by atoms with E-state index in [-0.39, 0.29) is 32.6 Å². The highest BCUT2D eigenvalue weighted by Crippen LogP contribution is 2.43. The zero-order valence-electron chi connectivity index (χ0n) is 48.0. The van der Waals surface area contributed by atoms with Gasteiger partial charge in [0.1, 0.15) is 6.61 Å². The highest BCUT2D eigenvalue weighted by Gasteiger charge is 2.26. The van der Waals surface area contributed by atoms with Crippen molar-refractivity contribution in [1.29, 1.82) is 0 Å². The zero-order valence-corrected chi connectivity index (χ0v) is 48.9. The fourth-order valence-corrected chi connectivity index (χ4v) is 9.01. The highest BCUT2D eigenvalue weighted by molar-refractivity contribution is 7.47. The Bertz CT molecular complexity index is 1590. The van der Waals surface area contributed by atoms with Crippen molar-refractivity contribution in [3.63, 3.8) is 0 Å². The summed E-state index contributed by atoms with van der Waals surface area (Å²) in [5.41, 5.74) is 5.37. The molecule has 0 aliphatic heterocycles. The SMILES string of the molecule is CC/C=C\C/C=C\C/C=C\C/C=C\C/C=C\CCCCCCCCCCCCCCCCCCCCCCCCCC(=O)OC(COC(=O)CCCC/C=C\C/C=C\C/C=C\C/C=C\CC)COP(=O)(O)OCCN. The minimum atomic E-state index is -4.40. The largest absolute Gasteiger partial charge is 0.472 e. The molecule has 2 atom stereocenters. The Morgan fingerprint density at radius 1 is 0.400 bits per heavy atom. The van der Waals surface area contributed by atoms with Crippen molar-refractivity contribution in [2.75, 3.05) is 26.4 Å². The molecule has 0 saturated heterocycles. The average Bonchev–Trinajstić information content (AvgIpc) is 3.40. The summed E-state index contributed by atoms with van der Waals surface area (Å²) in [4.78, 5) is 35.1. The van der Waals surface area contributed by atoms with Crippen LogP contribution in [0.4, 0.5) is 0 Å². The van der Waals surface area contributed by atoms with Crippen LogP contribution in [0, 0.1) is 0 Å². The van der Waals surface area contributed by atoms with Crippen molar-refractivity contribution in [3.8, 4) is 0 Å². The highest BCUT2D eigenvalue weighted by atomic mass is 31.2. The van der Waals surface area contributed by atoms with Gasteiger partial charge in [-0.3, -0.25) is 18.6 Å². The van der Waals surface area contributed by atoms with Gasteiger partial charge in [-0.1, -0.05) is 258 Å². The molecule has 0 spiro atoms. The molecular weight excluding hydrogens is 954 g/mol. The maximum Gasteiger partial charge on any atom is 0.472 e. The van der Waals surface area contributed by atoms with E-state index in [9.17, 15) is 19.0 Å². The minimum Gasteiger partial charge on any atom is -0.462 e. The molecule has 3 N–H and O–H groups in total. The molecule has 10 heteroatoms. The normalized spacial score (nSPS) is 13.8. The lowest BCUT2D eigenvalue weighted by Gasteiger charge is -2.19. The van der Waals surface area contributed by atoms with E-state index in [4.69, 9.17) is 24.3 Å². The van der Waals surface area contributed by atoms with Crippen molar-refractivity contribution in [2.24, 2.45) is 5.73 Å². The Hall–Kier alpha value is -3.33. The molecule has 0 radical (unpaired) electrons. The number of hydrogen-bond donors (Lipinski definition) is 2. The van der Waals surface area contributed by atoms with Crippen LogP contribution in [-0.4, -0.2) is 49.3 Å². The van der Waals surface area contributed by atoms with E-state index < -0.39 is 32.5 Å². The molecule has 0 aromatic carbocycles. The van der Waals surface area contributed by atoms with Crippen molar-refractivity contribution >= 4 is 19.8 Å². The third-order valence-corrected chi connectivity index (χ3v) is 13.6. The predicted molar refractivity (Wildman–Crippen MR) is 321 cm³/mol. The summed E-state index contributed by atoms with van der Waals surface area (Å²) >= 11 is 0. The van der Waals surface area contributed by atoms with Gasteiger partial charge in [-0.2, -0.15) is 0 Å². The van der Waals surface area contributed by atoms with Crippen LogP contribution in [0.25, 0.3) is 0 Å². The number of ether oxygens (including phenoxy) is 2. The third kappa shape index (κ3) is 59.8. The third-order valence-electron chi connectivity index (χ3n) is 12.7. The van der Waals surface area contributed by atoms with Crippen LogP contribution in [0.1, 0.15) is 258 Å². The summed E-state index contributed by atoms with van der Waals surface area (Å²) in [5, 5.41) is 0. The number of esters is 2. The first-order valence-corrected chi connectivity index (χ1v) is 31.9. The lowest BCUT2D eigenvalue weighted by Crippen LogP contribution is -2.29. The molecule has 0 bridgehead atoms. The first-order chi connectivity index (χ1) is 36.8. The van der Waals surface area contributed by atoms with E-state index in [0.717, 1.165) is 89.9 Å². The molecule has 430 valence electrons. The number of unbranched alkanes of at least 4 members (excludes halogenated alkanes) is 25. The van der Waals surface area contributed by atoms with Crippen LogP contribution < -0.4 is 5.73 Å². The number of phosphoric ester groups is 1. The number of phosphoric acid groups is 1. The van der Waals surface area contributed by atoms with E-state index in [2.05, 4.69) is 123 Å². The topological polar surface area (TPSA) is 134 Å².